The maximum atomic E-state index is 13.8. The van der Waals surface area contributed by atoms with Crippen molar-refractivity contribution in [3.63, 3.8) is 0 Å². The fraction of sp³-hybridized carbons (Fsp3) is 0.824. The fourth-order valence-corrected chi connectivity index (χ4v) is 2.92. The summed E-state index contributed by atoms with van der Waals surface area (Å²) in [5, 5.41) is 2.76. The Kier molecular flexibility index (Phi) is 8.07. The number of rotatable bonds is 8. The molecule has 3 N–H and O–H groups in total. The second-order valence-electron chi connectivity index (χ2n) is 7.21. The highest BCUT2D eigenvalue weighted by Crippen LogP contribution is 2.38. The predicted molar refractivity (Wildman–Crippen MR) is 90.4 cm³/mol. The van der Waals surface area contributed by atoms with Crippen molar-refractivity contribution in [1.82, 2.24) is 10.2 Å². The molecule has 0 aromatic rings. The van der Waals surface area contributed by atoms with E-state index in [1.54, 1.807) is 0 Å². The minimum atomic E-state index is -6.14. The number of imide groups is 1. The zero-order chi connectivity index (χ0) is 21.9. The van der Waals surface area contributed by atoms with E-state index in [0.29, 0.717) is 13.0 Å². The van der Waals surface area contributed by atoms with E-state index in [2.05, 4.69) is 5.32 Å². The molecule has 1 unspecified atom stereocenters. The molecular weight excluding hydrogens is 389 g/mol. The molecule has 0 aliphatic carbocycles. The van der Waals surface area contributed by atoms with E-state index < -0.39 is 60.2 Å². The van der Waals surface area contributed by atoms with Crippen LogP contribution in [0.25, 0.3) is 0 Å². The van der Waals surface area contributed by atoms with E-state index in [9.17, 15) is 36.3 Å². The first kappa shape index (κ1) is 24.4. The van der Waals surface area contributed by atoms with Crippen molar-refractivity contribution in [1.29, 1.82) is 0 Å². The van der Waals surface area contributed by atoms with Gasteiger partial charge in [0.1, 0.15) is 6.04 Å². The third-order valence-corrected chi connectivity index (χ3v) is 4.68. The molecule has 1 rings (SSSR count). The first-order chi connectivity index (χ1) is 12.8. The number of carbonyl (C=O) groups excluding carboxylic acids is 3. The van der Waals surface area contributed by atoms with Gasteiger partial charge < -0.3 is 11.1 Å². The van der Waals surface area contributed by atoms with E-state index in [0.717, 1.165) is 0 Å². The molecule has 0 radical (unpaired) electrons. The molecule has 1 heterocycles. The third-order valence-electron chi connectivity index (χ3n) is 4.68. The van der Waals surface area contributed by atoms with Gasteiger partial charge in [0.25, 0.3) is 0 Å². The molecule has 2 amide bonds. The average molecular weight is 415 g/mol. The Morgan fingerprint density at radius 2 is 1.75 bits per heavy atom. The van der Waals surface area contributed by atoms with Gasteiger partial charge in [0, 0.05) is 0 Å². The lowest BCUT2D eigenvalue weighted by molar-refractivity contribution is -0.270. The van der Waals surface area contributed by atoms with Gasteiger partial charge in [0.05, 0.1) is 12.1 Å². The van der Waals surface area contributed by atoms with Crippen LogP contribution in [-0.2, 0) is 14.4 Å². The molecule has 28 heavy (non-hydrogen) atoms. The first-order valence-electron chi connectivity index (χ1n) is 9.12. The second kappa shape index (κ2) is 9.25. The number of hydrogen-bond acceptors (Lipinski definition) is 5. The number of hydrogen-bond donors (Lipinski definition) is 2. The summed E-state index contributed by atoms with van der Waals surface area (Å²) < 4.78 is 65.7. The monoisotopic (exact) mass is 415 g/mol. The van der Waals surface area contributed by atoms with Crippen LogP contribution in [0.15, 0.2) is 0 Å². The lowest BCUT2D eigenvalue weighted by Gasteiger charge is -2.35. The molecule has 6 nitrogen and oxygen atoms in total. The third kappa shape index (κ3) is 5.05. The normalized spacial score (nSPS) is 20.1. The van der Waals surface area contributed by atoms with Gasteiger partial charge >= 0.3 is 12.1 Å². The summed E-state index contributed by atoms with van der Waals surface area (Å²) in [7, 11) is 0. The van der Waals surface area contributed by atoms with Gasteiger partial charge in [-0.1, -0.05) is 27.2 Å². The molecule has 1 saturated heterocycles. The molecule has 0 spiro atoms. The molecule has 0 aromatic heterocycles. The summed E-state index contributed by atoms with van der Waals surface area (Å²) in [6, 6.07) is -4.54. The van der Waals surface area contributed by atoms with Crippen molar-refractivity contribution in [2.75, 3.05) is 6.54 Å². The van der Waals surface area contributed by atoms with E-state index in [4.69, 9.17) is 5.73 Å². The SMILES string of the molecule is CCCC(C(=O)C(F)(F)C(F)(F)F)N(C(=O)[C@@H]1CCCN1)C(=O)[C@@H](N)C(C)C. The number of halogens is 5. The second-order valence-corrected chi connectivity index (χ2v) is 7.21. The minimum Gasteiger partial charge on any atom is -0.320 e. The zero-order valence-corrected chi connectivity index (χ0v) is 16.0. The highest BCUT2D eigenvalue weighted by Gasteiger charge is 2.65. The summed E-state index contributed by atoms with van der Waals surface area (Å²) in [6.45, 7) is 4.91. The molecule has 1 aliphatic rings. The van der Waals surface area contributed by atoms with Crippen LogP contribution in [-0.4, -0.2) is 59.3 Å². The molecule has 11 heteroatoms. The fourth-order valence-electron chi connectivity index (χ4n) is 2.92. The minimum absolute atomic E-state index is 0.00356. The van der Waals surface area contributed by atoms with Crippen LogP contribution in [0.2, 0.25) is 0 Å². The zero-order valence-electron chi connectivity index (χ0n) is 16.0. The maximum Gasteiger partial charge on any atom is 0.461 e. The highest BCUT2D eigenvalue weighted by atomic mass is 19.4. The lowest BCUT2D eigenvalue weighted by atomic mass is 9.96. The van der Waals surface area contributed by atoms with Crippen LogP contribution >= 0.6 is 0 Å². The van der Waals surface area contributed by atoms with Gasteiger partial charge in [-0.05, 0) is 31.7 Å². The van der Waals surface area contributed by atoms with Crippen LogP contribution in [0.3, 0.4) is 0 Å². The highest BCUT2D eigenvalue weighted by molar-refractivity contribution is 6.05. The Bertz CT molecular complexity index is 575. The van der Waals surface area contributed by atoms with Gasteiger partial charge in [-0.15, -0.1) is 0 Å². The van der Waals surface area contributed by atoms with Crippen LogP contribution < -0.4 is 11.1 Å². The molecular formula is C17H26F5N3O3. The van der Waals surface area contributed by atoms with E-state index in [1.165, 1.54) is 20.8 Å². The lowest BCUT2D eigenvalue weighted by Crippen LogP contribution is -2.62. The van der Waals surface area contributed by atoms with Gasteiger partial charge in [-0.2, -0.15) is 22.0 Å². The van der Waals surface area contributed by atoms with Crippen LogP contribution in [0.1, 0.15) is 46.5 Å². The first-order valence-corrected chi connectivity index (χ1v) is 9.12. The van der Waals surface area contributed by atoms with Crippen LogP contribution in [0, 0.1) is 5.92 Å². The molecule has 1 aliphatic heterocycles. The van der Waals surface area contributed by atoms with E-state index in [1.807, 2.05) is 0 Å². The molecule has 1 fully saturated rings. The predicted octanol–water partition coefficient (Wildman–Crippen LogP) is 2.01. The number of Topliss-reactive ketones (excluding diaryl/α,β-unsaturated/α-hetero) is 1. The van der Waals surface area contributed by atoms with Crippen molar-refractivity contribution >= 4 is 17.6 Å². The van der Waals surface area contributed by atoms with Crippen molar-refractivity contribution in [2.45, 2.75) is 76.7 Å². The smallest absolute Gasteiger partial charge is 0.320 e. The summed E-state index contributed by atoms with van der Waals surface area (Å²) >= 11 is 0. The number of nitrogens with zero attached hydrogens (tertiary/aromatic N) is 1. The molecule has 3 atom stereocenters. The Hall–Kier alpha value is -1.62. The number of ketones is 1. The molecule has 0 saturated carbocycles. The average Bonchev–Trinajstić information content (AvgIpc) is 3.13. The number of nitrogens with two attached hydrogens (primary N) is 1. The topological polar surface area (TPSA) is 92.5 Å². The van der Waals surface area contributed by atoms with Gasteiger partial charge in [-0.3, -0.25) is 19.3 Å². The summed E-state index contributed by atoms with van der Waals surface area (Å²) in [5.41, 5.74) is 5.74. The number of amides is 2. The standard InChI is InChI=1S/C17H26F5N3O3/c1-4-6-11(13(26)16(18,19)17(20,21)22)25(15(28)12(23)9(2)3)14(27)10-7-5-8-24-10/h9-12,24H,4-8,23H2,1-3H3/t10-,11?,12-/m0/s1. The van der Waals surface area contributed by atoms with Crippen LogP contribution in [0.4, 0.5) is 22.0 Å². The Morgan fingerprint density at radius 1 is 1.18 bits per heavy atom. The van der Waals surface area contributed by atoms with Crippen molar-refractivity contribution < 1.29 is 36.3 Å². The summed E-state index contributed by atoms with van der Waals surface area (Å²) in [6.07, 6.45) is -5.85. The van der Waals surface area contributed by atoms with Crippen molar-refractivity contribution in [3.05, 3.63) is 0 Å². The quantitative estimate of drug-likeness (QED) is 0.592. The molecule has 162 valence electrons. The Balaban J connectivity index is 3.41. The maximum absolute atomic E-state index is 13.8. The van der Waals surface area contributed by atoms with Gasteiger partial charge in [0.2, 0.25) is 17.6 Å². The van der Waals surface area contributed by atoms with Gasteiger partial charge in [0.15, 0.2) is 0 Å². The molecule has 0 bridgehead atoms. The van der Waals surface area contributed by atoms with E-state index in [-0.39, 0.29) is 17.7 Å². The Morgan fingerprint density at radius 3 is 2.14 bits per heavy atom. The number of alkyl halides is 5. The van der Waals surface area contributed by atoms with Crippen molar-refractivity contribution in [2.24, 2.45) is 11.7 Å². The van der Waals surface area contributed by atoms with Crippen LogP contribution in [0.5, 0.6) is 0 Å². The molecule has 0 aromatic carbocycles. The van der Waals surface area contributed by atoms with E-state index >= 15 is 0 Å². The van der Waals surface area contributed by atoms with Gasteiger partial charge in [-0.25, -0.2) is 0 Å². The Labute approximate surface area is 160 Å². The number of nitrogens with one attached hydrogen (secondary N) is 1. The largest absolute Gasteiger partial charge is 0.461 e. The summed E-state index contributed by atoms with van der Waals surface area (Å²) in [5.74, 6) is -10.9. The summed E-state index contributed by atoms with van der Waals surface area (Å²) in [4.78, 5) is 38.0. The van der Waals surface area contributed by atoms with Crippen molar-refractivity contribution in [3.8, 4) is 0 Å². The number of carbonyl (C=O) groups is 3.